The van der Waals surface area contributed by atoms with Crippen LogP contribution in [-0.2, 0) is 4.79 Å². The van der Waals surface area contributed by atoms with Gasteiger partial charge in [-0.2, -0.15) is 0 Å². The maximum Gasteiger partial charge on any atom is 0.238 e. The lowest BCUT2D eigenvalue weighted by Gasteiger charge is -2.11. The number of carbonyl (C=O) groups is 1. The monoisotopic (exact) mass is 272 g/mol. The van der Waals surface area contributed by atoms with Crippen LogP contribution in [0.2, 0.25) is 0 Å². The minimum atomic E-state index is -0.162. The van der Waals surface area contributed by atoms with Crippen molar-refractivity contribution in [2.45, 2.75) is 24.0 Å². The molecule has 0 fully saturated rings. The molecule has 0 aliphatic heterocycles. The number of anilines is 1. The van der Waals surface area contributed by atoms with E-state index < -0.39 is 0 Å². The van der Waals surface area contributed by atoms with E-state index in [2.05, 4.69) is 10.3 Å². The number of rotatable bonds is 4. The zero-order chi connectivity index (χ0) is 13.7. The molecule has 1 aromatic heterocycles. The number of benzene rings is 1. The number of carbonyl (C=O) groups excluding carboxylic acids is 1. The molecule has 0 saturated heterocycles. The summed E-state index contributed by atoms with van der Waals surface area (Å²) in [5.74, 6) is 0.549. The molecule has 2 aromatic rings. The van der Waals surface area contributed by atoms with Gasteiger partial charge in [-0.3, -0.25) is 4.79 Å². The third-order valence-corrected chi connectivity index (χ3v) is 3.73. The van der Waals surface area contributed by atoms with Gasteiger partial charge in [-0.25, -0.2) is 4.98 Å². The third kappa shape index (κ3) is 4.10. The molecule has 1 heterocycles. The quantitative estimate of drug-likeness (QED) is 0.866. The predicted molar refractivity (Wildman–Crippen MR) is 79.4 cm³/mol. The van der Waals surface area contributed by atoms with E-state index in [9.17, 15) is 4.79 Å². The van der Waals surface area contributed by atoms with Gasteiger partial charge in [0.25, 0.3) is 0 Å². The SMILES string of the molecule is Cc1ccc(S[C@@H](C)C(=O)Nc2ccccn2)cc1. The summed E-state index contributed by atoms with van der Waals surface area (Å²) < 4.78 is 0. The molecular formula is C15H16N2OS. The fraction of sp³-hybridized carbons (Fsp3) is 0.200. The smallest absolute Gasteiger partial charge is 0.238 e. The zero-order valence-electron chi connectivity index (χ0n) is 11.0. The number of nitrogens with zero attached hydrogens (tertiary/aromatic N) is 1. The lowest BCUT2D eigenvalue weighted by atomic mass is 10.2. The summed E-state index contributed by atoms with van der Waals surface area (Å²) in [6.07, 6.45) is 1.66. The van der Waals surface area contributed by atoms with E-state index >= 15 is 0 Å². The van der Waals surface area contributed by atoms with Crippen molar-refractivity contribution in [1.29, 1.82) is 0 Å². The minimum absolute atomic E-state index is 0.0377. The second kappa shape index (κ2) is 6.38. The molecule has 19 heavy (non-hydrogen) atoms. The van der Waals surface area contributed by atoms with Gasteiger partial charge in [0, 0.05) is 11.1 Å². The maximum absolute atomic E-state index is 12.0. The van der Waals surface area contributed by atoms with Crippen molar-refractivity contribution in [2.24, 2.45) is 0 Å². The fourth-order valence-electron chi connectivity index (χ4n) is 1.54. The molecule has 0 aliphatic carbocycles. The molecule has 0 bridgehead atoms. The molecular weight excluding hydrogens is 256 g/mol. The van der Waals surface area contributed by atoms with Gasteiger partial charge in [-0.1, -0.05) is 23.8 Å². The molecule has 1 N–H and O–H groups in total. The van der Waals surface area contributed by atoms with Gasteiger partial charge in [0.05, 0.1) is 5.25 Å². The van der Waals surface area contributed by atoms with Crippen LogP contribution >= 0.6 is 11.8 Å². The first-order valence-corrected chi connectivity index (χ1v) is 6.98. The van der Waals surface area contributed by atoms with Crippen LogP contribution in [0.1, 0.15) is 12.5 Å². The van der Waals surface area contributed by atoms with Crippen molar-refractivity contribution in [2.75, 3.05) is 5.32 Å². The zero-order valence-corrected chi connectivity index (χ0v) is 11.8. The molecule has 3 nitrogen and oxygen atoms in total. The van der Waals surface area contributed by atoms with Crippen LogP contribution in [0.15, 0.2) is 53.6 Å². The molecule has 4 heteroatoms. The van der Waals surface area contributed by atoms with Crippen molar-refractivity contribution in [3.05, 3.63) is 54.2 Å². The first kappa shape index (κ1) is 13.6. The standard InChI is InChI=1S/C15H16N2OS/c1-11-6-8-13(9-7-11)19-12(2)15(18)17-14-5-3-4-10-16-14/h3-10,12H,1-2H3,(H,16,17,18)/t12-/m0/s1. The summed E-state index contributed by atoms with van der Waals surface area (Å²) in [5.41, 5.74) is 1.22. The topological polar surface area (TPSA) is 42.0 Å². The highest BCUT2D eigenvalue weighted by atomic mass is 32.2. The molecule has 0 saturated carbocycles. The first-order valence-electron chi connectivity index (χ1n) is 6.10. The number of amides is 1. The molecule has 1 amide bonds. The van der Waals surface area contributed by atoms with Gasteiger partial charge in [-0.15, -0.1) is 11.8 Å². The third-order valence-electron chi connectivity index (χ3n) is 2.62. The summed E-state index contributed by atoms with van der Waals surface area (Å²) in [5, 5.41) is 2.64. The van der Waals surface area contributed by atoms with E-state index in [4.69, 9.17) is 0 Å². The van der Waals surface area contributed by atoms with Crippen molar-refractivity contribution in [1.82, 2.24) is 4.98 Å². The number of nitrogens with one attached hydrogen (secondary N) is 1. The van der Waals surface area contributed by atoms with Crippen molar-refractivity contribution in [3.63, 3.8) is 0 Å². The van der Waals surface area contributed by atoms with Gasteiger partial charge >= 0.3 is 0 Å². The Kier molecular flexibility index (Phi) is 4.58. The van der Waals surface area contributed by atoms with Gasteiger partial charge < -0.3 is 5.32 Å². The Morgan fingerprint density at radius 1 is 1.21 bits per heavy atom. The van der Waals surface area contributed by atoms with Gasteiger partial charge in [-0.05, 0) is 38.1 Å². The van der Waals surface area contributed by atoms with E-state index in [-0.39, 0.29) is 11.2 Å². The Balaban J connectivity index is 1.94. The van der Waals surface area contributed by atoms with E-state index in [1.165, 1.54) is 17.3 Å². The number of hydrogen-bond donors (Lipinski definition) is 1. The highest BCUT2D eigenvalue weighted by Crippen LogP contribution is 2.24. The molecule has 0 aliphatic rings. The highest BCUT2D eigenvalue weighted by molar-refractivity contribution is 8.00. The van der Waals surface area contributed by atoms with E-state index in [1.54, 1.807) is 12.3 Å². The van der Waals surface area contributed by atoms with Crippen LogP contribution in [0.3, 0.4) is 0 Å². The largest absolute Gasteiger partial charge is 0.310 e. The Labute approximate surface area is 117 Å². The van der Waals surface area contributed by atoms with Crippen molar-refractivity contribution in [3.8, 4) is 0 Å². The molecule has 1 atom stereocenters. The Morgan fingerprint density at radius 2 is 1.95 bits per heavy atom. The average Bonchev–Trinajstić information content (AvgIpc) is 2.42. The molecule has 0 unspecified atom stereocenters. The second-order valence-electron chi connectivity index (χ2n) is 4.28. The molecule has 2 rings (SSSR count). The molecule has 0 radical (unpaired) electrons. The van der Waals surface area contributed by atoms with Crippen LogP contribution in [0.25, 0.3) is 0 Å². The minimum Gasteiger partial charge on any atom is -0.310 e. The van der Waals surface area contributed by atoms with Gasteiger partial charge in [0.1, 0.15) is 5.82 Å². The van der Waals surface area contributed by atoms with Crippen molar-refractivity contribution >= 4 is 23.5 Å². The molecule has 1 aromatic carbocycles. The van der Waals surface area contributed by atoms with Gasteiger partial charge in [0.15, 0.2) is 0 Å². The van der Waals surface area contributed by atoms with E-state index in [0.717, 1.165) is 4.90 Å². The van der Waals surface area contributed by atoms with E-state index in [0.29, 0.717) is 5.82 Å². The van der Waals surface area contributed by atoms with Crippen molar-refractivity contribution < 1.29 is 4.79 Å². The van der Waals surface area contributed by atoms with Crippen LogP contribution in [0.5, 0.6) is 0 Å². The number of thioether (sulfide) groups is 1. The maximum atomic E-state index is 12.0. The van der Waals surface area contributed by atoms with Crippen LogP contribution in [0.4, 0.5) is 5.82 Å². The summed E-state index contributed by atoms with van der Waals surface area (Å²) in [7, 11) is 0. The number of aryl methyl sites for hydroxylation is 1. The van der Waals surface area contributed by atoms with Gasteiger partial charge in [0.2, 0.25) is 5.91 Å². The average molecular weight is 272 g/mol. The lowest BCUT2D eigenvalue weighted by molar-refractivity contribution is -0.115. The Bertz CT molecular complexity index is 540. The normalized spacial score (nSPS) is 11.9. The molecule has 98 valence electrons. The summed E-state index contributed by atoms with van der Waals surface area (Å²) in [6.45, 7) is 3.94. The second-order valence-corrected chi connectivity index (χ2v) is 5.69. The van der Waals surface area contributed by atoms with E-state index in [1.807, 2.05) is 50.2 Å². The number of aromatic nitrogens is 1. The van der Waals surface area contributed by atoms with Crippen LogP contribution < -0.4 is 5.32 Å². The summed E-state index contributed by atoms with van der Waals surface area (Å²) >= 11 is 1.54. The van der Waals surface area contributed by atoms with Crippen LogP contribution in [-0.4, -0.2) is 16.1 Å². The lowest BCUT2D eigenvalue weighted by Crippen LogP contribution is -2.22. The fourth-order valence-corrected chi connectivity index (χ4v) is 2.41. The summed E-state index contributed by atoms with van der Waals surface area (Å²) in [4.78, 5) is 17.2. The first-order chi connectivity index (χ1) is 9.15. The molecule has 0 spiro atoms. The number of hydrogen-bond acceptors (Lipinski definition) is 3. The Hall–Kier alpha value is -1.81. The highest BCUT2D eigenvalue weighted by Gasteiger charge is 2.14. The number of pyridine rings is 1. The Morgan fingerprint density at radius 3 is 2.58 bits per heavy atom. The van der Waals surface area contributed by atoms with Crippen LogP contribution in [0, 0.1) is 6.92 Å². The summed E-state index contributed by atoms with van der Waals surface area (Å²) in [6, 6.07) is 13.6. The predicted octanol–water partition coefficient (Wildman–Crippen LogP) is 3.51.